The molecule has 0 aliphatic carbocycles. The summed E-state index contributed by atoms with van der Waals surface area (Å²) in [5, 5.41) is 2.53. The van der Waals surface area contributed by atoms with Crippen molar-refractivity contribution < 1.29 is 9.21 Å². The van der Waals surface area contributed by atoms with Crippen LogP contribution in [-0.2, 0) is 0 Å². The van der Waals surface area contributed by atoms with Crippen LogP contribution in [0.1, 0.15) is 10.5 Å². The molecule has 1 amide bonds. The molecule has 2 aromatic heterocycles. The molecule has 0 bridgehead atoms. The summed E-state index contributed by atoms with van der Waals surface area (Å²) in [6, 6.07) is 7.39. The van der Waals surface area contributed by atoms with E-state index in [1.807, 2.05) is 12.1 Å². The molecule has 0 aliphatic rings. The number of para-hydroxylation sites is 2. The maximum atomic E-state index is 11.9. The SMILES string of the molecule is O=C(Nc1nc2ccccc2o1)c1cnc(Br)cn1. The van der Waals surface area contributed by atoms with Gasteiger partial charge in [0.05, 0.1) is 12.4 Å². The third-order valence-electron chi connectivity index (χ3n) is 2.37. The lowest BCUT2D eigenvalue weighted by molar-refractivity contribution is 0.101. The van der Waals surface area contributed by atoms with Crippen molar-refractivity contribution in [3.05, 3.63) is 47.0 Å². The van der Waals surface area contributed by atoms with E-state index < -0.39 is 5.91 Å². The van der Waals surface area contributed by atoms with Crippen LogP contribution in [0.5, 0.6) is 0 Å². The quantitative estimate of drug-likeness (QED) is 0.785. The van der Waals surface area contributed by atoms with Crippen LogP contribution in [0.2, 0.25) is 0 Å². The highest BCUT2D eigenvalue weighted by molar-refractivity contribution is 9.10. The number of carbonyl (C=O) groups excluding carboxylic acids is 1. The van der Waals surface area contributed by atoms with E-state index in [1.54, 1.807) is 12.1 Å². The van der Waals surface area contributed by atoms with E-state index in [0.29, 0.717) is 15.7 Å². The van der Waals surface area contributed by atoms with E-state index in [9.17, 15) is 4.79 Å². The Morgan fingerprint density at radius 3 is 2.79 bits per heavy atom. The van der Waals surface area contributed by atoms with Crippen LogP contribution in [0.15, 0.2) is 45.7 Å². The molecule has 0 atom stereocenters. The van der Waals surface area contributed by atoms with Crippen molar-refractivity contribution >= 4 is 39.0 Å². The first-order valence-electron chi connectivity index (χ1n) is 5.37. The van der Waals surface area contributed by atoms with Gasteiger partial charge < -0.3 is 4.42 Å². The van der Waals surface area contributed by atoms with Gasteiger partial charge in [0.2, 0.25) is 0 Å². The van der Waals surface area contributed by atoms with Crippen molar-refractivity contribution in [3.8, 4) is 0 Å². The molecule has 19 heavy (non-hydrogen) atoms. The molecule has 7 heteroatoms. The molecule has 0 aliphatic heterocycles. The second-order valence-corrected chi connectivity index (χ2v) is 4.48. The Balaban J connectivity index is 1.84. The highest BCUT2D eigenvalue weighted by Gasteiger charge is 2.12. The van der Waals surface area contributed by atoms with Gasteiger partial charge >= 0.3 is 6.01 Å². The summed E-state index contributed by atoms with van der Waals surface area (Å²) in [6.07, 6.45) is 2.81. The van der Waals surface area contributed by atoms with Crippen LogP contribution in [0.3, 0.4) is 0 Å². The van der Waals surface area contributed by atoms with E-state index in [0.717, 1.165) is 0 Å². The van der Waals surface area contributed by atoms with E-state index in [-0.39, 0.29) is 11.7 Å². The molecule has 1 aromatic carbocycles. The maximum Gasteiger partial charge on any atom is 0.302 e. The molecular weight excluding hydrogens is 312 g/mol. The van der Waals surface area contributed by atoms with Gasteiger partial charge in [0.1, 0.15) is 15.8 Å². The van der Waals surface area contributed by atoms with Crippen molar-refractivity contribution in [2.75, 3.05) is 5.32 Å². The summed E-state index contributed by atoms with van der Waals surface area (Å²) in [7, 11) is 0. The molecule has 1 N–H and O–H groups in total. The number of nitrogens with zero attached hydrogens (tertiary/aromatic N) is 3. The Hall–Kier alpha value is -2.28. The maximum absolute atomic E-state index is 11.9. The van der Waals surface area contributed by atoms with Crippen molar-refractivity contribution in [2.24, 2.45) is 0 Å². The van der Waals surface area contributed by atoms with Crippen LogP contribution in [-0.4, -0.2) is 20.9 Å². The van der Waals surface area contributed by atoms with Gasteiger partial charge in [0.15, 0.2) is 5.58 Å². The summed E-state index contributed by atoms with van der Waals surface area (Å²) >= 11 is 3.15. The Labute approximate surface area is 116 Å². The van der Waals surface area contributed by atoms with Crippen molar-refractivity contribution in [1.82, 2.24) is 15.0 Å². The number of hydrogen-bond acceptors (Lipinski definition) is 5. The largest absolute Gasteiger partial charge is 0.423 e. The van der Waals surface area contributed by atoms with Crippen molar-refractivity contribution in [2.45, 2.75) is 0 Å². The van der Waals surface area contributed by atoms with E-state index in [4.69, 9.17) is 4.42 Å². The lowest BCUT2D eigenvalue weighted by Gasteiger charge is -1.98. The number of hydrogen-bond donors (Lipinski definition) is 1. The highest BCUT2D eigenvalue weighted by Crippen LogP contribution is 2.18. The van der Waals surface area contributed by atoms with Crippen LogP contribution in [0, 0.1) is 0 Å². The van der Waals surface area contributed by atoms with E-state index >= 15 is 0 Å². The van der Waals surface area contributed by atoms with Gasteiger partial charge in [-0.1, -0.05) is 12.1 Å². The van der Waals surface area contributed by atoms with Gasteiger partial charge in [-0.15, -0.1) is 0 Å². The van der Waals surface area contributed by atoms with Gasteiger partial charge in [-0.25, -0.2) is 9.97 Å². The topological polar surface area (TPSA) is 80.9 Å². The van der Waals surface area contributed by atoms with Gasteiger partial charge in [-0.2, -0.15) is 4.98 Å². The van der Waals surface area contributed by atoms with Gasteiger partial charge in [0, 0.05) is 0 Å². The first kappa shape index (κ1) is 11.8. The molecule has 0 spiro atoms. The minimum atomic E-state index is -0.424. The zero-order chi connectivity index (χ0) is 13.2. The Morgan fingerprint density at radius 2 is 2.05 bits per heavy atom. The first-order valence-corrected chi connectivity index (χ1v) is 6.16. The zero-order valence-electron chi connectivity index (χ0n) is 9.50. The molecule has 0 unspecified atom stereocenters. The number of carbonyl (C=O) groups is 1. The van der Waals surface area contributed by atoms with Crippen LogP contribution in [0.4, 0.5) is 6.01 Å². The first-order chi connectivity index (χ1) is 9.22. The van der Waals surface area contributed by atoms with Gasteiger partial charge in [-0.05, 0) is 28.1 Å². The molecule has 2 heterocycles. The summed E-state index contributed by atoms with van der Waals surface area (Å²) in [6.45, 7) is 0. The second kappa shape index (κ2) is 4.77. The Morgan fingerprint density at radius 1 is 1.21 bits per heavy atom. The Bertz CT molecular complexity index is 706. The molecule has 6 nitrogen and oxygen atoms in total. The minimum Gasteiger partial charge on any atom is -0.423 e. The smallest absolute Gasteiger partial charge is 0.302 e. The summed E-state index contributed by atoms with van der Waals surface area (Å²) in [5.74, 6) is -0.424. The third-order valence-corrected chi connectivity index (χ3v) is 2.78. The van der Waals surface area contributed by atoms with Gasteiger partial charge in [0.25, 0.3) is 5.91 Å². The van der Waals surface area contributed by atoms with Crippen molar-refractivity contribution in [1.29, 1.82) is 0 Å². The molecule has 0 fully saturated rings. The molecule has 0 radical (unpaired) electrons. The number of fused-ring (bicyclic) bond motifs is 1. The summed E-state index contributed by atoms with van der Waals surface area (Å²) in [4.78, 5) is 23.9. The monoisotopic (exact) mass is 318 g/mol. The number of nitrogens with one attached hydrogen (secondary N) is 1. The fraction of sp³-hybridized carbons (Fsp3) is 0. The number of benzene rings is 1. The molecule has 0 saturated carbocycles. The van der Waals surface area contributed by atoms with Crippen molar-refractivity contribution in [3.63, 3.8) is 0 Å². The molecule has 94 valence electrons. The number of anilines is 1. The highest BCUT2D eigenvalue weighted by atomic mass is 79.9. The molecule has 3 rings (SSSR count). The number of oxazole rings is 1. The average molecular weight is 319 g/mol. The summed E-state index contributed by atoms with van der Waals surface area (Å²) < 4.78 is 5.94. The van der Waals surface area contributed by atoms with Gasteiger partial charge in [-0.3, -0.25) is 10.1 Å². The average Bonchev–Trinajstić information content (AvgIpc) is 2.81. The number of halogens is 1. The lowest BCUT2D eigenvalue weighted by atomic mass is 10.3. The number of rotatable bonds is 2. The van der Waals surface area contributed by atoms with E-state index in [2.05, 4.69) is 36.2 Å². The minimum absolute atomic E-state index is 0.135. The predicted molar refractivity (Wildman–Crippen MR) is 71.7 cm³/mol. The van der Waals surface area contributed by atoms with Crippen LogP contribution in [0.25, 0.3) is 11.1 Å². The van der Waals surface area contributed by atoms with Crippen LogP contribution >= 0.6 is 15.9 Å². The lowest BCUT2D eigenvalue weighted by Crippen LogP contribution is -2.14. The normalized spacial score (nSPS) is 10.6. The third kappa shape index (κ3) is 2.45. The fourth-order valence-electron chi connectivity index (χ4n) is 1.52. The van der Waals surface area contributed by atoms with E-state index in [1.165, 1.54) is 12.4 Å². The van der Waals surface area contributed by atoms with Crippen LogP contribution < -0.4 is 5.32 Å². The molecule has 0 saturated heterocycles. The number of aromatic nitrogens is 3. The zero-order valence-corrected chi connectivity index (χ0v) is 11.1. The fourth-order valence-corrected chi connectivity index (χ4v) is 1.72. The molecular formula is C12H7BrN4O2. The number of amides is 1. The predicted octanol–water partition coefficient (Wildman–Crippen LogP) is 2.63. The molecule has 3 aromatic rings. The standard InChI is InChI=1S/C12H7BrN4O2/c13-10-6-14-8(5-15-10)11(18)17-12-16-7-3-1-2-4-9(7)19-12/h1-6H,(H,16,17,18). The summed E-state index contributed by atoms with van der Waals surface area (Å²) in [5.41, 5.74) is 1.48. The second-order valence-electron chi connectivity index (χ2n) is 3.67. The Kier molecular flexibility index (Phi) is 2.96.